The third-order valence-corrected chi connectivity index (χ3v) is 6.95. The van der Waals surface area contributed by atoms with Crippen LogP contribution in [0.3, 0.4) is 0 Å². The molecule has 1 N–H and O–H groups in total. The number of carboxylic acids is 1. The number of carboxylic acid groups (broad SMARTS) is 1. The van der Waals surface area contributed by atoms with Gasteiger partial charge >= 0.3 is 5.97 Å². The van der Waals surface area contributed by atoms with Crippen molar-refractivity contribution in [3.8, 4) is 17.1 Å². The molecule has 2 heterocycles. The average Bonchev–Trinajstić information content (AvgIpc) is 3.12. The number of ether oxygens (including phenoxy) is 2. The number of sulfonamides is 1. The van der Waals surface area contributed by atoms with Gasteiger partial charge in [-0.1, -0.05) is 0 Å². The molecule has 1 aliphatic rings. The van der Waals surface area contributed by atoms with Crippen molar-refractivity contribution in [1.29, 1.82) is 0 Å². The standard InChI is InChI=1S/C22H22FNO7S/c1-13(2)30-18-11-16-17(12-19(18)32(27,28)24-7-9-29-10-8-24)31-21(20(16)22(25)26)14-3-5-15(23)6-4-14/h3-6,11-13H,7-10H2,1-2H3,(H,25,26). The number of hydrogen-bond acceptors (Lipinski definition) is 6. The van der Waals surface area contributed by atoms with Gasteiger partial charge in [-0.15, -0.1) is 0 Å². The third-order valence-electron chi connectivity index (χ3n) is 5.03. The number of morpholine rings is 1. The first-order valence-corrected chi connectivity index (χ1v) is 11.5. The van der Waals surface area contributed by atoms with Crippen molar-refractivity contribution in [2.75, 3.05) is 26.3 Å². The first-order chi connectivity index (χ1) is 15.2. The van der Waals surface area contributed by atoms with Crippen LogP contribution in [0.25, 0.3) is 22.3 Å². The lowest BCUT2D eigenvalue weighted by molar-refractivity contribution is 0.0699. The molecule has 8 nitrogen and oxygen atoms in total. The maximum atomic E-state index is 13.4. The summed E-state index contributed by atoms with van der Waals surface area (Å²) < 4.78 is 58.2. The lowest BCUT2D eigenvalue weighted by Gasteiger charge is -2.27. The molecular formula is C22H22FNO7S. The molecule has 170 valence electrons. The highest BCUT2D eigenvalue weighted by Crippen LogP contribution is 2.39. The number of rotatable bonds is 6. The topological polar surface area (TPSA) is 106 Å². The second-order valence-electron chi connectivity index (χ2n) is 7.60. The predicted octanol–water partition coefficient (Wildman–Crippen LogP) is 3.75. The summed E-state index contributed by atoms with van der Waals surface area (Å²) in [5, 5.41) is 10.0. The van der Waals surface area contributed by atoms with Crippen LogP contribution >= 0.6 is 0 Å². The van der Waals surface area contributed by atoms with E-state index in [1.54, 1.807) is 13.8 Å². The van der Waals surface area contributed by atoms with Crippen molar-refractivity contribution in [3.05, 3.63) is 47.8 Å². The number of nitrogens with zero attached hydrogens (tertiary/aromatic N) is 1. The van der Waals surface area contributed by atoms with Crippen molar-refractivity contribution in [1.82, 2.24) is 4.31 Å². The van der Waals surface area contributed by atoms with Crippen LogP contribution in [0.15, 0.2) is 45.7 Å². The van der Waals surface area contributed by atoms with Gasteiger partial charge in [-0.3, -0.25) is 0 Å². The average molecular weight is 463 g/mol. The van der Waals surface area contributed by atoms with Crippen LogP contribution in [-0.4, -0.2) is 56.2 Å². The van der Waals surface area contributed by atoms with Gasteiger partial charge < -0.3 is 19.0 Å². The van der Waals surface area contributed by atoms with Crippen LogP contribution in [0.4, 0.5) is 4.39 Å². The van der Waals surface area contributed by atoms with Crippen LogP contribution in [0.2, 0.25) is 0 Å². The highest BCUT2D eigenvalue weighted by molar-refractivity contribution is 7.89. The fourth-order valence-corrected chi connectivity index (χ4v) is 5.12. The number of aromatic carboxylic acids is 1. The van der Waals surface area contributed by atoms with E-state index in [1.807, 2.05) is 0 Å². The predicted molar refractivity (Wildman–Crippen MR) is 114 cm³/mol. The molecule has 32 heavy (non-hydrogen) atoms. The first kappa shape index (κ1) is 22.3. The molecular weight excluding hydrogens is 441 g/mol. The molecule has 3 aromatic rings. The number of carbonyl (C=O) groups is 1. The largest absolute Gasteiger partial charge is 0.490 e. The summed E-state index contributed by atoms with van der Waals surface area (Å²) in [6.45, 7) is 4.43. The molecule has 0 aliphatic carbocycles. The Morgan fingerprint density at radius 2 is 1.81 bits per heavy atom. The van der Waals surface area contributed by atoms with E-state index >= 15 is 0 Å². The molecule has 0 atom stereocenters. The van der Waals surface area contributed by atoms with E-state index in [0.717, 1.165) is 0 Å². The van der Waals surface area contributed by atoms with Crippen molar-refractivity contribution < 1.29 is 36.6 Å². The fourth-order valence-electron chi connectivity index (χ4n) is 3.59. The molecule has 0 radical (unpaired) electrons. The van der Waals surface area contributed by atoms with Gasteiger partial charge in [0.05, 0.1) is 19.3 Å². The molecule has 10 heteroatoms. The van der Waals surface area contributed by atoms with E-state index in [2.05, 4.69) is 0 Å². The summed E-state index contributed by atoms with van der Waals surface area (Å²) in [4.78, 5) is 12.0. The summed E-state index contributed by atoms with van der Waals surface area (Å²) in [5.74, 6) is -1.70. The lowest BCUT2D eigenvalue weighted by Crippen LogP contribution is -2.40. The minimum absolute atomic E-state index is 0.00363. The Morgan fingerprint density at radius 1 is 1.16 bits per heavy atom. The van der Waals surface area contributed by atoms with Gasteiger partial charge in [-0.25, -0.2) is 17.6 Å². The highest BCUT2D eigenvalue weighted by atomic mass is 32.2. The smallest absolute Gasteiger partial charge is 0.340 e. The van der Waals surface area contributed by atoms with Crippen LogP contribution in [-0.2, 0) is 14.8 Å². The zero-order chi connectivity index (χ0) is 23.0. The summed E-state index contributed by atoms with van der Waals surface area (Å²) in [6, 6.07) is 7.85. The highest BCUT2D eigenvalue weighted by Gasteiger charge is 2.32. The Bertz CT molecular complexity index is 1260. The normalized spacial score (nSPS) is 15.4. The fraction of sp³-hybridized carbons (Fsp3) is 0.318. The Hall–Kier alpha value is -2.95. The third kappa shape index (κ3) is 4.08. The van der Waals surface area contributed by atoms with Crippen LogP contribution < -0.4 is 4.74 Å². The lowest BCUT2D eigenvalue weighted by atomic mass is 10.1. The number of halogens is 1. The number of furan rings is 1. The molecule has 0 bridgehead atoms. The summed E-state index contributed by atoms with van der Waals surface area (Å²) >= 11 is 0. The van der Waals surface area contributed by atoms with Crippen molar-refractivity contribution in [3.63, 3.8) is 0 Å². The second-order valence-corrected chi connectivity index (χ2v) is 9.50. The molecule has 1 saturated heterocycles. The minimum atomic E-state index is -3.95. The Labute approximate surface area is 184 Å². The van der Waals surface area contributed by atoms with E-state index in [1.165, 1.54) is 40.7 Å². The quantitative estimate of drug-likeness (QED) is 0.593. The van der Waals surface area contributed by atoms with Crippen LogP contribution in [0.5, 0.6) is 5.75 Å². The number of hydrogen-bond donors (Lipinski definition) is 1. The van der Waals surface area contributed by atoms with Gasteiger partial charge in [0, 0.05) is 30.1 Å². The van der Waals surface area contributed by atoms with Crippen molar-refractivity contribution in [2.45, 2.75) is 24.8 Å². The van der Waals surface area contributed by atoms with Crippen LogP contribution in [0.1, 0.15) is 24.2 Å². The zero-order valence-corrected chi connectivity index (χ0v) is 18.3. The van der Waals surface area contributed by atoms with E-state index in [0.29, 0.717) is 5.56 Å². The molecule has 4 rings (SSSR count). The Morgan fingerprint density at radius 3 is 2.41 bits per heavy atom. The van der Waals surface area contributed by atoms with Gasteiger partial charge in [0.25, 0.3) is 0 Å². The SMILES string of the molecule is CC(C)Oc1cc2c(C(=O)O)c(-c3ccc(F)cc3)oc2cc1S(=O)(=O)N1CCOCC1. The molecule has 0 unspecified atom stereocenters. The molecule has 0 spiro atoms. The Kier molecular flexibility index (Phi) is 5.93. The van der Waals surface area contributed by atoms with Gasteiger partial charge in [0.1, 0.15) is 33.4 Å². The molecule has 2 aromatic carbocycles. The molecule has 1 fully saturated rings. The molecule has 0 amide bonds. The zero-order valence-electron chi connectivity index (χ0n) is 17.5. The minimum Gasteiger partial charge on any atom is -0.490 e. The van der Waals surface area contributed by atoms with E-state index in [9.17, 15) is 22.7 Å². The van der Waals surface area contributed by atoms with E-state index in [4.69, 9.17) is 13.9 Å². The maximum Gasteiger partial charge on any atom is 0.340 e. The Balaban J connectivity index is 1.95. The van der Waals surface area contributed by atoms with E-state index in [-0.39, 0.29) is 65.3 Å². The number of benzene rings is 2. The van der Waals surface area contributed by atoms with Gasteiger partial charge in [-0.05, 0) is 44.2 Å². The number of fused-ring (bicyclic) bond motifs is 1. The summed E-state index contributed by atoms with van der Waals surface area (Å²) in [7, 11) is -3.95. The molecule has 1 aromatic heterocycles. The summed E-state index contributed by atoms with van der Waals surface area (Å²) in [6.07, 6.45) is -0.358. The summed E-state index contributed by atoms with van der Waals surface area (Å²) in [5.41, 5.74) is 0.268. The first-order valence-electron chi connectivity index (χ1n) is 10.0. The van der Waals surface area contributed by atoms with Gasteiger partial charge in [-0.2, -0.15) is 4.31 Å². The second kappa shape index (κ2) is 8.53. The van der Waals surface area contributed by atoms with Gasteiger partial charge in [0.2, 0.25) is 10.0 Å². The maximum absolute atomic E-state index is 13.4. The van der Waals surface area contributed by atoms with E-state index < -0.39 is 21.8 Å². The van der Waals surface area contributed by atoms with Gasteiger partial charge in [0.15, 0.2) is 0 Å². The molecule has 1 aliphatic heterocycles. The van der Waals surface area contributed by atoms with Crippen molar-refractivity contribution in [2.24, 2.45) is 0 Å². The van der Waals surface area contributed by atoms with Crippen LogP contribution in [0, 0.1) is 5.82 Å². The molecule has 0 saturated carbocycles. The van der Waals surface area contributed by atoms with Crippen molar-refractivity contribution >= 4 is 27.0 Å². The monoisotopic (exact) mass is 463 g/mol.